The second-order valence-corrected chi connectivity index (χ2v) is 7.28. The van der Waals surface area contributed by atoms with Gasteiger partial charge in [0, 0.05) is 31.7 Å². The maximum absolute atomic E-state index is 12.7. The highest BCUT2D eigenvalue weighted by atomic mass is 16.3. The average Bonchev–Trinajstić information content (AvgIpc) is 2.86. The number of carbonyl (C=O) groups is 2. The predicted octanol–water partition coefficient (Wildman–Crippen LogP) is 1.22. The number of amides is 2. The fourth-order valence-electron chi connectivity index (χ4n) is 4.39. The van der Waals surface area contributed by atoms with Gasteiger partial charge in [0.1, 0.15) is 5.69 Å². The number of hydrogen-bond donors (Lipinski definition) is 1. The number of carbonyl (C=O) groups excluding carboxylic acids is 2. The Kier molecular flexibility index (Phi) is 4.34. The third-order valence-corrected chi connectivity index (χ3v) is 5.38. The number of nitrogens with zero attached hydrogens (tertiary/aromatic N) is 3. The summed E-state index contributed by atoms with van der Waals surface area (Å²) in [4.78, 5) is 32.8. The van der Waals surface area contributed by atoms with Gasteiger partial charge in [0.2, 0.25) is 5.91 Å². The third kappa shape index (κ3) is 2.79. The summed E-state index contributed by atoms with van der Waals surface area (Å²) in [5, 5.41) is 9.79. The number of aryl methyl sites for hydroxylation is 1. The molecule has 2 fully saturated rings. The number of fused-ring (bicyclic) bond motifs is 1. The van der Waals surface area contributed by atoms with Crippen LogP contribution in [0, 0.1) is 12.8 Å². The van der Waals surface area contributed by atoms with Crippen LogP contribution in [0.4, 0.5) is 0 Å². The molecule has 0 aliphatic carbocycles. The smallest absolute Gasteiger partial charge is 0.272 e. The van der Waals surface area contributed by atoms with Crippen molar-refractivity contribution in [3.05, 3.63) is 29.6 Å². The van der Waals surface area contributed by atoms with E-state index in [1.807, 2.05) is 35.8 Å². The van der Waals surface area contributed by atoms with Crippen LogP contribution in [0.1, 0.15) is 42.9 Å². The highest BCUT2D eigenvalue weighted by Crippen LogP contribution is 2.42. The quantitative estimate of drug-likeness (QED) is 0.884. The monoisotopic (exact) mass is 331 g/mol. The Morgan fingerprint density at radius 1 is 1.42 bits per heavy atom. The van der Waals surface area contributed by atoms with Crippen molar-refractivity contribution < 1.29 is 14.7 Å². The van der Waals surface area contributed by atoms with E-state index in [4.69, 9.17) is 0 Å². The van der Waals surface area contributed by atoms with E-state index in [2.05, 4.69) is 4.98 Å². The molecule has 3 rings (SSSR count). The van der Waals surface area contributed by atoms with Crippen molar-refractivity contribution in [3.63, 3.8) is 0 Å². The van der Waals surface area contributed by atoms with Gasteiger partial charge in [-0.25, -0.2) is 4.98 Å². The number of aliphatic hydroxyl groups excluding tert-OH is 1. The SMILES string of the molecule is CC(=O)N1[C@H]2CCN(C(=O)c3cccc(C)n3)C[C@@H]2C[C@]1(C)CO. The highest BCUT2D eigenvalue weighted by molar-refractivity contribution is 5.92. The van der Waals surface area contributed by atoms with E-state index in [0.29, 0.717) is 18.8 Å². The molecule has 2 aliphatic heterocycles. The topological polar surface area (TPSA) is 73.7 Å². The van der Waals surface area contributed by atoms with Crippen molar-refractivity contribution in [1.29, 1.82) is 0 Å². The van der Waals surface area contributed by atoms with Crippen LogP contribution in [-0.4, -0.2) is 63.0 Å². The third-order valence-electron chi connectivity index (χ3n) is 5.38. The van der Waals surface area contributed by atoms with Crippen LogP contribution in [-0.2, 0) is 4.79 Å². The van der Waals surface area contributed by atoms with Crippen molar-refractivity contribution in [2.24, 2.45) is 5.92 Å². The molecule has 6 nitrogen and oxygen atoms in total. The molecular weight excluding hydrogens is 306 g/mol. The molecule has 0 saturated carbocycles. The van der Waals surface area contributed by atoms with E-state index in [-0.39, 0.29) is 30.4 Å². The number of pyridine rings is 1. The lowest BCUT2D eigenvalue weighted by atomic mass is 9.89. The van der Waals surface area contributed by atoms with E-state index < -0.39 is 5.54 Å². The van der Waals surface area contributed by atoms with Crippen molar-refractivity contribution in [2.75, 3.05) is 19.7 Å². The second kappa shape index (κ2) is 6.16. The molecule has 1 aromatic rings. The first-order valence-electron chi connectivity index (χ1n) is 8.49. The Morgan fingerprint density at radius 2 is 2.17 bits per heavy atom. The summed E-state index contributed by atoms with van der Waals surface area (Å²) in [6.45, 7) is 6.54. The Morgan fingerprint density at radius 3 is 2.79 bits per heavy atom. The van der Waals surface area contributed by atoms with Crippen LogP contribution in [0.25, 0.3) is 0 Å². The zero-order valence-corrected chi connectivity index (χ0v) is 14.5. The molecule has 3 heterocycles. The first-order chi connectivity index (χ1) is 11.4. The molecule has 2 aliphatic rings. The molecule has 0 unspecified atom stereocenters. The van der Waals surface area contributed by atoms with Crippen LogP contribution in [0.3, 0.4) is 0 Å². The number of aromatic nitrogens is 1. The molecule has 0 spiro atoms. The fourth-order valence-corrected chi connectivity index (χ4v) is 4.39. The van der Waals surface area contributed by atoms with E-state index in [0.717, 1.165) is 18.5 Å². The molecule has 24 heavy (non-hydrogen) atoms. The molecule has 1 aromatic heterocycles. The lowest BCUT2D eigenvalue weighted by Gasteiger charge is -2.40. The summed E-state index contributed by atoms with van der Waals surface area (Å²) in [5.74, 6) is 0.150. The lowest BCUT2D eigenvalue weighted by Crippen LogP contribution is -2.53. The van der Waals surface area contributed by atoms with Crippen LogP contribution in [0.2, 0.25) is 0 Å². The van der Waals surface area contributed by atoms with Gasteiger partial charge in [0.05, 0.1) is 12.1 Å². The Bertz CT molecular complexity index is 663. The average molecular weight is 331 g/mol. The van der Waals surface area contributed by atoms with Gasteiger partial charge in [-0.15, -0.1) is 0 Å². The van der Waals surface area contributed by atoms with Gasteiger partial charge in [-0.1, -0.05) is 6.07 Å². The molecule has 130 valence electrons. The fraction of sp³-hybridized carbons (Fsp3) is 0.611. The van der Waals surface area contributed by atoms with Crippen molar-refractivity contribution >= 4 is 11.8 Å². The minimum absolute atomic E-state index is 0.000762. The Hall–Kier alpha value is -1.95. The van der Waals surface area contributed by atoms with Crippen LogP contribution < -0.4 is 0 Å². The van der Waals surface area contributed by atoms with Crippen molar-refractivity contribution in [3.8, 4) is 0 Å². The standard InChI is InChI=1S/C18H25N3O3/c1-12-5-4-6-15(19-12)17(24)20-8-7-16-14(10-20)9-18(3,11-22)21(16)13(2)23/h4-6,14,16,22H,7-11H2,1-3H3/t14-,16-,18+/m0/s1. The summed E-state index contributed by atoms with van der Waals surface area (Å²) in [7, 11) is 0. The van der Waals surface area contributed by atoms with Crippen molar-refractivity contribution in [2.45, 2.75) is 45.2 Å². The Labute approximate surface area is 142 Å². The first-order valence-corrected chi connectivity index (χ1v) is 8.49. The normalized spacial score (nSPS) is 29.5. The summed E-state index contributed by atoms with van der Waals surface area (Å²) >= 11 is 0. The lowest BCUT2D eigenvalue weighted by molar-refractivity contribution is -0.137. The van der Waals surface area contributed by atoms with Gasteiger partial charge in [-0.05, 0) is 44.7 Å². The number of aliphatic hydroxyl groups is 1. The number of rotatable bonds is 2. The minimum Gasteiger partial charge on any atom is -0.394 e. The molecule has 2 saturated heterocycles. The van der Waals surface area contributed by atoms with Gasteiger partial charge in [0.25, 0.3) is 5.91 Å². The largest absolute Gasteiger partial charge is 0.394 e. The minimum atomic E-state index is -0.526. The van der Waals surface area contributed by atoms with Crippen LogP contribution in [0.5, 0.6) is 0 Å². The maximum atomic E-state index is 12.7. The summed E-state index contributed by atoms with van der Waals surface area (Å²) in [6.07, 6.45) is 1.47. The molecule has 0 bridgehead atoms. The number of hydrogen-bond acceptors (Lipinski definition) is 4. The summed E-state index contributed by atoms with van der Waals surface area (Å²) < 4.78 is 0. The summed E-state index contributed by atoms with van der Waals surface area (Å²) in [5.41, 5.74) is 0.772. The molecule has 0 aromatic carbocycles. The number of piperidine rings is 1. The molecule has 6 heteroatoms. The summed E-state index contributed by atoms with van der Waals surface area (Å²) in [6, 6.07) is 5.57. The van der Waals surface area contributed by atoms with Gasteiger partial charge in [0.15, 0.2) is 0 Å². The van der Waals surface area contributed by atoms with Gasteiger partial charge < -0.3 is 14.9 Å². The second-order valence-electron chi connectivity index (χ2n) is 7.28. The maximum Gasteiger partial charge on any atom is 0.272 e. The van der Waals surface area contributed by atoms with E-state index >= 15 is 0 Å². The highest BCUT2D eigenvalue weighted by Gasteiger charge is 2.51. The van der Waals surface area contributed by atoms with Gasteiger partial charge in [-0.2, -0.15) is 0 Å². The van der Waals surface area contributed by atoms with Crippen molar-refractivity contribution in [1.82, 2.24) is 14.8 Å². The van der Waals surface area contributed by atoms with Crippen LogP contribution in [0.15, 0.2) is 18.2 Å². The molecule has 1 N–H and O–H groups in total. The Balaban J connectivity index is 1.78. The van der Waals surface area contributed by atoms with E-state index in [1.165, 1.54) is 0 Å². The van der Waals surface area contributed by atoms with E-state index in [9.17, 15) is 14.7 Å². The van der Waals surface area contributed by atoms with Gasteiger partial charge in [-0.3, -0.25) is 9.59 Å². The first kappa shape index (κ1) is 16.9. The van der Waals surface area contributed by atoms with Gasteiger partial charge >= 0.3 is 0 Å². The zero-order chi connectivity index (χ0) is 17.5. The molecular formula is C18H25N3O3. The number of likely N-dealkylation sites (tertiary alicyclic amines) is 2. The predicted molar refractivity (Wildman–Crippen MR) is 89.4 cm³/mol. The van der Waals surface area contributed by atoms with E-state index in [1.54, 1.807) is 13.0 Å². The molecule has 2 amide bonds. The molecule has 3 atom stereocenters. The van der Waals surface area contributed by atoms with Crippen LogP contribution >= 0.6 is 0 Å². The molecule has 0 radical (unpaired) electrons. The zero-order valence-electron chi connectivity index (χ0n) is 14.5.